The van der Waals surface area contributed by atoms with Gasteiger partial charge in [-0.15, -0.1) is 0 Å². The first-order valence-electron chi connectivity index (χ1n) is 15.8. The molecule has 212 valence electrons. The quantitative estimate of drug-likeness (QED) is 0.166. The second-order valence-electron chi connectivity index (χ2n) is 12.5. The molecule has 6 rings (SSSR count). The Morgan fingerprint density at radius 1 is 0.561 bits per heavy atom. The molecule has 0 radical (unpaired) electrons. The van der Waals surface area contributed by atoms with Crippen LogP contribution in [0.4, 0.5) is 0 Å². The van der Waals surface area contributed by atoms with Crippen molar-refractivity contribution in [1.82, 2.24) is 0 Å². The van der Waals surface area contributed by atoms with Crippen LogP contribution in [0.15, 0.2) is 94.2 Å². The first kappa shape index (κ1) is 27.6. The van der Waals surface area contributed by atoms with E-state index in [1.54, 1.807) is 0 Å². The zero-order chi connectivity index (χ0) is 28.4. The third-order valence-corrected chi connectivity index (χ3v) is 9.54. The summed E-state index contributed by atoms with van der Waals surface area (Å²) in [5, 5.41) is 0. The minimum absolute atomic E-state index is 0.157. The van der Waals surface area contributed by atoms with Gasteiger partial charge in [-0.05, 0) is 88.8 Å². The second-order valence-corrected chi connectivity index (χ2v) is 12.5. The molecule has 0 fully saturated rings. The molecule has 0 amide bonds. The minimum Gasteiger partial charge on any atom is -0.465 e. The van der Waals surface area contributed by atoms with Gasteiger partial charge < -0.3 is 8.83 Å². The predicted octanol–water partition coefficient (Wildman–Crippen LogP) is 11.8. The number of furan rings is 2. The summed E-state index contributed by atoms with van der Waals surface area (Å²) in [5.74, 6) is 2.42. The number of allylic oxidation sites excluding steroid dienone is 4. The number of hydrogen-bond donors (Lipinski definition) is 0. The molecule has 0 aliphatic heterocycles. The summed E-state index contributed by atoms with van der Waals surface area (Å²) in [6.07, 6.45) is 13.2. The molecule has 2 aliphatic carbocycles. The number of benzene rings is 2. The van der Waals surface area contributed by atoms with E-state index in [2.05, 4.69) is 88.4 Å². The monoisotopic (exact) mass is 544 g/mol. The molecular weight excluding hydrogens is 500 g/mol. The van der Waals surface area contributed by atoms with E-state index in [4.69, 9.17) is 8.83 Å². The molecule has 4 aromatic rings. The van der Waals surface area contributed by atoms with Crippen molar-refractivity contribution < 1.29 is 8.83 Å². The van der Waals surface area contributed by atoms with Gasteiger partial charge >= 0.3 is 0 Å². The van der Waals surface area contributed by atoms with Crippen LogP contribution in [0.5, 0.6) is 0 Å². The van der Waals surface area contributed by atoms with Gasteiger partial charge in [0, 0.05) is 23.0 Å². The third kappa shape index (κ3) is 4.86. The third-order valence-electron chi connectivity index (χ3n) is 9.54. The zero-order valence-corrected chi connectivity index (χ0v) is 25.2. The van der Waals surface area contributed by atoms with Crippen molar-refractivity contribution in [1.29, 1.82) is 0 Å². The second kappa shape index (κ2) is 11.8. The van der Waals surface area contributed by atoms with Gasteiger partial charge in [-0.2, -0.15) is 0 Å². The summed E-state index contributed by atoms with van der Waals surface area (Å²) in [5.41, 5.74) is 11.2. The molecule has 0 bridgehead atoms. The fourth-order valence-corrected chi connectivity index (χ4v) is 7.80. The molecule has 0 saturated heterocycles. The van der Waals surface area contributed by atoms with Gasteiger partial charge in [0.1, 0.15) is 11.5 Å². The smallest absolute Gasteiger partial charge is 0.130 e. The average molecular weight is 545 g/mol. The molecule has 0 saturated carbocycles. The van der Waals surface area contributed by atoms with Crippen molar-refractivity contribution in [2.75, 3.05) is 0 Å². The zero-order valence-electron chi connectivity index (χ0n) is 25.2. The lowest BCUT2D eigenvalue weighted by Gasteiger charge is -2.41. The van der Waals surface area contributed by atoms with Crippen molar-refractivity contribution >= 4 is 22.3 Å². The van der Waals surface area contributed by atoms with Crippen molar-refractivity contribution in [3.05, 3.63) is 119 Å². The predicted molar refractivity (Wildman–Crippen MR) is 171 cm³/mol. The van der Waals surface area contributed by atoms with E-state index in [0.717, 1.165) is 24.4 Å². The Bertz CT molecular complexity index is 1410. The van der Waals surface area contributed by atoms with Crippen LogP contribution in [0.25, 0.3) is 22.3 Å². The SMILES string of the molecule is CCCCCC1=C(c2ccco2)C(C(C)(C)C2C(c3ccco3)=C(CCCCC)c3ccccc32)c2ccccc21. The highest BCUT2D eigenvalue weighted by atomic mass is 16.3. The summed E-state index contributed by atoms with van der Waals surface area (Å²) < 4.78 is 12.5. The first-order chi connectivity index (χ1) is 20.1. The van der Waals surface area contributed by atoms with Crippen LogP contribution in [0.2, 0.25) is 0 Å². The van der Waals surface area contributed by atoms with Crippen LogP contribution < -0.4 is 0 Å². The lowest BCUT2D eigenvalue weighted by Crippen LogP contribution is -2.30. The van der Waals surface area contributed by atoms with E-state index < -0.39 is 0 Å². The van der Waals surface area contributed by atoms with Crippen LogP contribution in [-0.4, -0.2) is 0 Å². The highest BCUT2D eigenvalue weighted by Crippen LogP contribution is 2.65. The van der Waals surface area contributed by atoms with Crippen LogP contribution in [0.1, 0.15) is 125 Å². The molecule has 2 heterocycles. The van der Waals surface area contributed by atoms with Crippen molar-refractivity contribution in [2.24, 2.45) is 5.41 Å². The Morgan fingerprint density at radius 2 is 1.00 bits per heavy atom. The van der Waals surface area contributed by atoms with Crippen molar-refractivity contribution in [2.45, 2.75) is 90.9 Å². The Kier molecular flexibility index (Phi) is 7.93. The topological polar surface area (TPSA) is 26.3 Å². The first-order valence-corrected chi connectivity index (χ1v) is 15.8. The highest BCUT2D eigenvalue weighted by molar-refractivity contribution is 6.02. The summed E-state index contributed by atoms with van der Waals surface area (Å²) in [7, 11) is 0. The molecule has 2 atom stereocenters. The minimum atomic E-state index is -0.157. The van der Waals surface area contributed by atoms with E-state index in [-0.39, 0.29) is 17.3 Å². The van der Waals surface area contributed by atoms with Crippen LogP contribution in [0.3, 0.4) is 0 Å². The normalized spacial score (nSPS) is 18.3. The number of hydrogen-bond acceptors (Lipinski definition) is 2. The Labute approximate surface area is 246 Å². The molecule has 2 aromatic heterocycles. The van der Waals surface area contributed by atoms with Crippen LogP contribution in [0, 0.1) is 5.41 Å². The molecule has 0 spiro atoms. The van der Waals surface area contributed by atoms with Gasteiger partial charge in [-0.3, -0.25) is 0 Å². The summed E-state index contributed by atoms with van der Waals surface area (Å²) in [6, 6.07) is 26.7. The molecule has 2 aliphatic rings. The van der Waals surface area contributed by atoms with E-state index in [0.29, 0.717) is 0 Å². The fourth-order valence-electron chi connectivity index (χ4n) is 7.80. The number of rotatable bonds is 12. The van der Waals surface area contributed by atoms with Crippen LogP contribution in [-0.2, 0) is 0 Å². The highest BCUT2D eigenvalue weighted by Gasteiger charge is 2.51. The average Bonchev–Trinajstić information content (AvgIpc) is 3.79. The van der Waals surface area contributed by atoms with Gasteiger partial charge in [0.25, 0.3) is 0 Å². The van der Waals surface area contributed by atoms with Gasteiger partial charge in [-0.1, -0.05) is 102 Å². The van der Waals surface area contributed by atoms with E-state index in [1.807, 2.05) is 24.7 Å². The summed E-state index contributed by atoms with van der Waals surface area (Å²) >= 11 is 0. The van der Waals surface area contributed by atoms with Gasteiger partial charge in [-0.25, -0.2) is 0 Å². The molecule has 2 heteroatoms. The van der Waals surface area contributed by atoms with Crippen molar-refractivity contribution in [3.63, 3.8) is 0 Å². The van der Waals surface area contributed by atoms with Gasteiger partial charge in [0.05, 0.1) is 12.5 Å². The summed E-state index contributed by atoms with van der Waals surface area (Å²) in [4.78, 5) is 0. The maximum atomic E-state index is 6.24. The molecule has 2 unspecified atom stereocenters. The molecule has 2 nitrogen and oxygen atoms in total. The lowest BCUT2D eigenvalue weighted by atomic mass is 9.61. The van der Waals surface area contributed by atoms with E-state index in [1.165, 1.54) is 83.1 Å². The standard InChI is InChI=1S/C39H44O2/c1-5-7-9-19-29-27-17-11-13-21-31(27)37(35(29)33-23-15-25-40-33)39(3,4)38-32-22-14-12-18-28(32)30(20-10-8-6-2)36(38)34-24-16-26-41-34/h11-18,21-26,37-38H,5-10,19-20H2,1-4H3. The Hall–Kier alpha value is -3.52. The fraction of sp³-hybridized carbons (Fsp3) is 0.385. The number of fused-ring (bicyclic) bond motifs is 2. The summed E-state index contributed by atoms with van der Waals surface area (Å²) in [6.45, 7) is 9.56. The molecule has 2 aromatic carbocycles. The largest absolute Gasteiger partial charge is 0.465 e. The number of unbranched alkanes of at least 4 members (excludes halogenated alkanes) is 4. The van der Waals surface area contributed by atoms with Crippen molar-refractivity contribution in [3.8, 4) is 0 Å². The maximum Gasteiger partial charge on any atom is 0.130 e. The van der Waals surface area contributed by atoms with E-state index in [9.17, 15) is 0 Å². The Morgan fingerprint density at radius 3 is 1.39 bits per heavy atom. The molecule has 41 heavy (non-hydrogen) atoms. The Balaban J connectivity index is 1.56. The van der Waals surface area contributed by atoms with Gasteiger partial charge in [0.15, 0.2) is 0 Å². The molecular formula is C39H44O2. The molecule has 0 N–H and O–H groups in total. The van der Waals surface area contributed by atoms with Crippen LogP contribution >= 0.6 is 0 Å². The van der Waals surface area contributed by atoms with Gasteiger partial charge in [0.2, 0.25) is 0 Å². The maximum absolute atomic E-state index is 6.24. The van der Waals surface area contributed by atoms with E-state index >= 15 is 0 Å². The lowest BCUT2D eigenvalue weighted by molar-refractivity contribution is 0.299.